The fourth-order valence-electron chi connectivity index (χ4n) is 1.73. The minimum Gasteiger partial charge on any atom is -0.472 e. The fraction of sp³-hybridized carbons (Fsp3) is 0.286. The van der Waals surface area contributed by atoms with Crippen molar-refractivity contribution in [3.8, 4) is 11.1 Å². The number of halogens is 1. The molecule has 0 bridgehead atoms. The number of benzene rings is 1. The Morgan fingerprint density at radius 1 is 1.29 bits per heavy atom. The first-order valence-electron chi connectivity index (χ1n) is 5.83. The number of nitrogens with one attached hydrogen (secondary N) is 1. The van der Waals surface area contributed by atoms with E-state index in [4.69, 9.17) is 16.0 Å². The monoisotopic (exact) mass is 249 g/mol. The van der Waals surface area contributed by atoms with Gasteiger partial charge in [0.1, 0.15) is 0 Å². The van der Waals surface area contributed by atoms with E-state index in [1.54, 1.807) is 12.5 Å². The van der Waals surface area contributed by atoms with E-state index in [-0.39, 0.29) is 0 Å². The highest BCUT2D eigenvalue weighted by molar-refractivity contribution is 6.33. The molecule has 0 aliphatic heterocycles. The largest absolute Gasteiger partial charge is 0.472 e. The van der Waals surface area contributed by atoms with Crippen LogP contribution in [0.25, 0.3) is 11.1 Å². The first-order chi connectivity index (χ1) is 8.31. The Bertz CT molecular complexity index is 465. The highest BCUT2D eigenvalue weighted by Gasteiger charge is 2.05. The lowest BCUT2D eigenvalue weighted by atomic mass is 10.1. The van der Waals surface area contributed by atoms with Crippen LogP contribution in [0.4, 0.5) is 0 Å². The third-order valence-electron chi connectivity index (χ3n) is 2.62. The molecule has 90 valence electrons. The van der Waals surface area contributed by atoms with Crippen LogP contribution in [0.3, 0.4) is 0 Å². The number of rotatable bonds is 5. The van der Waals surface area contributed by atoms with Gasteiger partial charge in [-0.05, 0) is 30.7 Å². The van der Waals surface area contributed by atoms with E-state index in [0.29, 0.717) is 0 Å². The van der Waals surface area contributed by atoms with E-state index in [1.807, 2.05) is 18.2 Å². The third kappa shape index (κ3) is 3.11. The molecule has 0 spiro atoms. The molecule has 1 aromatic carbocycles. The Morgan fingerprint density at radius 3 is 2.82 bits per heavy atom. The molecule has 0 fully saturated rings. The van der Waals surface area contributed by atoms with Crippen LogP contribution in [-0.2, 0) is 6.54 Å². The summed E-state index contributed by atoms with van der Waals surface area (Å²) in [6, 6.07) is 8.05. The summed E-state index contributed by atoms with van der Waals surface area (Å²) in [5, 5.41) is 4.12. The molecule has 0 radical (unpaired) electrons. The average molecular weight is 250 g/mol. The van der Waals surface area contributed by atoms with Crippen LogP contribution >= 0.6 is 11.6 Å². The van der Waals surface area contributed by atoms with Crippen molar-refractivity contribution >= 4 is 11.6 Å². The van der Waals surface area contributed by atoms with E-state index in [2.05, 4.69) is 18.3 Å². The minimum absolute atomic E-state index is 0.766. The van der Waals surface area contributed by atoms with Crippen LogP contribution in [0.15, 0.2) is 41.2 Å². The maximum atomic E-state index is 6.26. The average Bonchev–Trinajstić information content (AvgIpc) is 2.83. The van der Waals surface area contributed by atoms with Gasteiger partial charge in [-0.3, -0.25) is 0 Å². The molecular formula is C14H16ClNO. The molecule has 2 rings (SSSR count). The zero-order valence-electron chi connectivity index (χ0n) is 9.87. The molecule has 17 heavy (non-hydrogen) atoms. The molecule has 3 heteroatoms. The fourth-order valence-corrected chi connectivity index (χ4v) is 2.04. The van der Waals surface area contributed by atoms with Gasteiger partial charge in [-0.1, -0.05) is 30.7 Å². The minimum atomic E-state index is 0.766. The second kappa shape index (κ2) is 5.89. The van der Waals surface area contributed by atoms with Crippen LogP contribution in [0.2, 0.25) is 5.02 Å². The van der Waals surface area contributed by atoms with Gasteiger partial charge in [-0.2, -0.15) is 0 Å². The van der Waals surface area contributed by atoms with Crippen LogP contribution in [0.5, 0.6) is 0 Å². The summed E-state index contributed by atoms with van der Waals surface area (Å²) in [6.07, 6.45) is 4.50. The van der Waals surface area contributed by atoms with E-state index < -0.39 is 0 Å². The second-order valence-electron chi connectivity index (χ2n) is 4.00. The highest BCUT2D eigenvalue weighted by Crippen LogP contribution is 2.28. The summed E-state index contributed by atoms with van der Waals surface area (Å²) >= 11 is 6.26. The van der Waals surface area contributed by atoms with Gasteiger partial charge in [0.05, 0.1) is 12.5 Å². The van der Waals surface area contributed by atoms with Crippen molar-refractivity contribution in [1.82, 2.24) is 5.32 Å². The van der Waals surface area contributed by atoms with Crippen molar-refractivity contribution in [1.29, 1.82) is 0 Å². The van der Waals surface area contributed by atoms with Gasteiger partial charge in [0, 0.05) is 22.7 Å². The van der Waals surface area contributed by atoms with Gasteiger partial charge >= 0.3 is 0 Å². The molecular weight excluding hydrogens is 234 g/mol. The first kappa shape index (κ1) is 12.2. The lowest BCUT2D eigenvalue weighted by Gasteiger charge is -2.06. The topological polar surface area (TPSA) is 25.2 Å². The lowest BCUT2D eigenvalue weighted by Crippen LogP contribution is -2.13. The van der Waals surface area contributed by atoms with Crippen molar-refractivity contribution in [2.45, 2.75) is 19.9 Å². The zero-order chi connectivity index (χ0) is 12.1. The molecule has 0 unspecified atom stereocenters. The van der Waals surface area contributed by atoms with E-state index >= 15 is 0 Å². The molecule has 1 aromatic heterocycles. The standard InChI is InChI=1S/C14H16ClNO/c1-2-6-16-9-11-3-4-13(14(15)8-11)12-5-7-17-10-12/h3-5,7-8,10,16H,2,6,9H2,1H3. The Morgan fingerprint density at radius 2 is 2.18 bits per heavy atom. The van der Waals surface area contributed by atoms with Crippen LogP contribution in [0, 0.1) is 0 Å². The van der Waals surface area contributed by atoms with Crippen LogP contribution < -0.4 is 5.32 Å². The van der Waals surface area contributed by atoms with Crippen molar-refractivity contribution < 1.29 is 4.42 Å². The summed E-state index contributed by atoms with van der Waals surface area (Å²) in [5.74, 6) is 0. The van der Waals surface area contributed by atoms with Gasteiger partial charge in [0.25, 0.3) is 0 Å². The predicted molar refractivity (Wildman–Crippen MR) is 71.2 cm³/mol. The molecule has 0 amide bonds. The Hall–Kier alpha value is -1.25. The first-order valence-corrected chi connectivity index (χ1v) is 6.20. The summed E-state index contributed by atoms with van der Waals surface area (Å²) in [6.45, 7) is 4.04. The predicted octanol–water partition coefficient (Wildman–Crippen LogP) is 4.10. The normalized spacial score (nSPS) is 10.7. The Kier molecular flexibility index (Phi) is 4.24. The molecule has 0 aliphatic carbocycles. The summed E-state index contributed by atoms with van der Waals surface area (Å²) in [4.78, 5) is 0. The highest BCUT2D eigenvalue weighted by atomic mass is 35.5. The van der Waals surface area contributed by atoms with Crippen LogP contribution in [0.1, 0.15) is 18.9 Å². The van der Waals surface area contributed by atoms with Crippen molar-refractivity contribution in [3.05, 3.63) is 47.4 Å². The van der Waals surface area contributed by atoms with Crippen molar-refractivity contribution in [2.24, 2.45) is 0 Å². The van der Waals surface area contributed by atoms with Gasteiger partial charge in [0.2, 0.25) is 0 Å². The summed E-state index contributed by atoms with van der Waals surface area (Å²) < 4.78 is 5.06. The Labute approximate surface area is 107 Å². The molecule has 0 aliphatic rings. The third-order valence-corrected chi connectivity index (χ3v) is 2.93. The van der Waals surface area contributed by atoms with E-state index in [1.165, 1.54) is 5.56 Å². The lowest BCUT2D eigenvalue weighted by molar-refractivity contribution is 0.568. The SMILES string of the molecule is CCCNCc1ccc(-c2ccoc2)c(Cl)c1. The molecule has 0 saturated heterocycles. The maximum absolute atomic E-state index is 6.26. The number of furan rings is 1. The summed E-state index contributed by atoms with van der Waals surface area (Å²) in [5.41, 5.74) is 3.23. The Balaban J connectivity index is 2.12. The van der Waals surface area contributed by atoms with Crippen LogP contribution in [-0.4, -0.2) is 6.54 Å². The van der Waals surface area contributed by atoms with Gasteiger partial charge in [0.15, 0.2) is 0 Å². The smallest absolute Gasteiger partial charge is 0.0981 e. The zero-order valence-corrected chi connectivity index (χ0v) is 10.6. The van der Waals surface area contributed by atoms with Gasteiger partial charge in [-0.25, -0.2) is 0 Å². The maximum Gasteiger partial charge on any atom is 0.0981 e. The molecule has 0 atom stereocenters. The van der Waals surface area contributed by atoms with Gasteiger partial charge < -0.3 is 9.73 Å². The molecule has 1 N–H and O–H groups in total. The molecule has 0 saturated carbocycles. The van der Waals surface area contributed by atoms with Crippen molar-refractivity contribution in [3.63, 3.8) is 0 Å². The quantitative estimate of drug-likeness (QED) is 0.807. The van der Waals surface area contributed by atoms with Crippen molar-refractivity contribution in [2.75, 3.05) is 6.54 Å². The number of hydrogen-bond donors (Lipinski definition) is 1. The van der Waals surface area contributed by atoms with E-state index in [0.717, 1.165) is 35.7 Å². The van der Waals surface area contributed by atoms with Gasteiger partial charge in [-0.15, -0.1) is 0 Å². The molecule has 2 aromatic rings. The second-order valence-corrected chi connectivity index (χ2v) is 4.41. The molecule has 2 nitrogen and oxygen atoms in total. The van der Waals surface area contributed by atoms with E-state index in [9.17, 15) is 0 Å². The number of hydrogen-bond acceptors (Lipinski definition) is 2. The molecule has 1 heterocycles. The summed E-state index contributed by atoms with van der Waals surface area (Å²) in [7, 11) is 0.